The zero-order chi connectivity index (χ0) is 19.2. The van der Waals surface area contributed by atoms with Gasteiger partial charge in [0.15, 0.2) is 0 Å². The van der Waals surface area contributed by atoms with E-state index in [0.717, 1.165) is 6.26 Å². The van der Waals surface area contributed by atoms with Crippen molar-refractivity contribution in [3.8, 4) is 0 Å². The Kier molecular flexibility index (Phi) is 6.99. The van der Waals surface area contributed by atoms with Gasteiger partial charge < -0.3 is 5.32 Å². The van der Waals surface area contributed by atoms with Crippen molar-refractivity contribution in [1.82, 2.24) is 5.32 Å². The van der Waals surface area contributed by atoms with E-state index in [1.165, 1.54) is 16.4 Å². The molecular formula is C18H20ClFN2O3S. The summed E-state index contributed by atoms with van der Waals surface area (Å²) in [6.07, 6.45) is 1.61. The quantitative estimate of drug-likeness (QED) is 0.741. The Balaban J connectivity index is 1.88. The first-order chi connectivity index (χ1) is 12.3. The fourth-order valence-corrected chi connectivity index (χ4v) is 3.58. The van der Waals surface area contributed by atoms with Crippen molar-refractivity contribution in [3.63, 3.8) is 0 Å². The number of benzene rings is 2. The van der Waals surface area contributed by atoms with Crippen LogP contribution in [0.1, 0.15) is 18.4 Å². The molecule has 1 N–H and O–H groups in total. The highest BCUT2D eigenvalue weighted by molar-refractivity contribution is 7.92. The van der Waals surface area contributed by atoms with Crippen molar-refractivity contribution < 1.29 is 17.6 Å². The number of nitrogens with one attached hydrogen (secondary N) is 1. The van der Waals surface area contributed by atoms with Crippen LogP contribution in [0.3, 0.4) is 0 Å². The number of halogens is 2. The van der Waals surface area contributed by atoms with Crippen LogP contribution in [0.25, 0.3) is 0 Å². The van der Waals surface area contributed by atoms with Gasteiger partial charge in [0.05, 0.1) is 11.9 Å². The molecule has 0 spiro atoms. The minimum atomic E-state index is -3.49. The molecule has 0 atom stereocenters. The van der Waals surface area contributed by atoms with Gasteiger partial charge in [-0.1, -0.05) is 29.8 Å². The average molecular weight is 399 g/mol. The van der Waals surface area contributed by atoms with Crippen molar-refractivity contribution >= 4 is 33.2 Å². The van der Waals surface area contributed by atoms with Crippen molar-refractivity contribution in [2.75, 3.05) is 17.1 Å². The second-order valence-electron chi connectivity index (χ2n) is 5.83. The molecule has 0 aliphatic heterocycles. The molecular weight excluding hydrogens is 379 g/mol. The highest BCUT2D eigenvalue weighted by Gasteiger charge is 2.17. The van der Waals surface area contributed by atoms with E-state index in [-0.39, 0.29) is 31.2 Å². The van der Waals surface area contributed by atoms with E-state index < -0.39 is 10.0 Å². The van der Waals surface area contributed by atoms with Crippen LogP contribution in [0.5, 0.6) is 0 Å². The Bertz CT molecular complexity index is 874. The molecule has 5 nitrogen and oxygen atoms in total. The molecule has 0 aliphatic carbocycles. The topological polar surface area (TPSA) is 66.5 Å². The van der Waals surface area contributed by atoms with Crippen LogP contribution >= 0.6 is 11.6 Å². The smallest absolute Gasteiger partial charge is 0.232 e. The number of rotatable bonds is 8. The monoisotopic (exact) mass is 398 g/mol. The predicted octanol–water partition coefficient (Wildman–Crippen LogP) is 3.34. The molecule has 0 saturated carbocycles. The lowest BCUT2D eigenvalue weighted by Crippen LogP contribution is -2.32. The number of amides is 1. The van der Waals surface area contributed by atoms with E-state index in [9.17, 15) is 17.6 Å². The Morgan fingerprint density at radius 3 is 2.58 bits per heavy atom. The van der Waals surface area contributed by atoms with E-state index in [0.29, 0.717) is 22.7 Å². The minimum absolute atomic E-state index is 0.155. The Labute approximate surface area is 157 Å². The molecule has 2 aromatic rings. The summed E-state index contributed by atoms with van der Waals surface area (Å²) in [5.41, 5.74) is 1.12. The SMILES string of the molecule is CS(=O)(=O)N(CCCC(=O)NCc1cccc(F)c1)c1cccc(Cl)c1. The molecule has 0 aliphatic rings. The second kappa shape index (κ2) is 9.00. The summed E-state index contributed by atoms with van der Waals surface area (Å²) < 4.78 is 38.3. The number of hydrogen-bond donors (Lipinski definition) is 1. The van der Waals surface area contributed by atoms with Gasteiger partial charge in [0.1, 0.15) is 5.82 Å². The third-order valence-corrected chi connectivity index (χ3v) is 5.07. The zero-order valence-corrected chi connectivity index (χ0v) is 15.9. The maximum absolute atomic E-state index is 13.1. The van der Waals surface area contributed by atoms with Crippen molar-refractivity contribution in [2.45, 2.75) is 19.4 Å². The maximum atomic E-state index is 13.1. The summed E-state index contributed by atoms with van der Waals surface area (Å²) in [5.74, 6) is -0.587. The number of carbonyl (C=O) groups excluding carboxylic acids is 1. The molecule has 8 heteroatoms. The fourth-order valence-electron chi connectivity index (χ4n) is 2.44. The fraction of sp³-hybridized carbons (Fsp3) is 0.278. The highest BCUT2D eigenvalue weighted by atomic mass is 35.5. The third kappa shape index (κ3) is 6.31. The average Bonchev–Trinajstić information content (AvgIpc) is 2.56. The van der Waals surface area contributed by atoms with Gasteiger partial charge in [-0.3, -0.25) is 9.10 Å². The second-order valence-corrected chi connectivity index (χ2v) is 8.17. The molecule has 0 fully saturated rings. The van der Waals surface area contributed by atoms with Crippen LogP contribution in [-0.2, 0) is 21.4 Å². The number of carbonyl (C=O) groups is 1. The molecule has 0 bridgehead atoms. The molecule has 0 radical (unpaired) electrons. The van der Waals surface area contributed by atoms with Gasteiger partial charge in [0, 0.05) is 24.5 Å². The lowest BCUT2D eigenvalue weighted by atomic mass is 10.2. The Morgan fingerprint density at radius 1 is 1.19 bits per heavy atom. The summed E-state index contributed by atoms with van der Waals surface area (Å²) in [6, 6.07) is 12.5. The van der Waals surface area contributed by atoms with Crippen LogP contribution in [-0.4, -0.2) is 27.1 Å². The number of hydrogen-bond acceptors (Lipinski definition) is 3. The molecule has 2 aromatic carbocycles. The van der Waals surface area contributed by atoms with Crippen molar-refractivity contribution in [1.29, 1.82) is 0 Å². The van der Waals surface area contributed by atoms with Gasteiger partial charge in [-0.15, -0.1) is 0 Å². The summed E-state index contributed by atoms with van der Waals surface area (Å²) in [6.45, 7) is 0.382. The number of anilines is 1. The van der Waals surface area contributed by atoms with Gasteiger partial charge in [0.25, 0.3) is 0 Å². The van der Waals surface area contributed by atoms with Crippen molar-refractivity contribution in [2.24, 2.45) is 0 Å². The van der Waals surface area contributed by atoms with E-state index in [4.69, 9.17) is 11.6 Å². The first-order valence-corrected chi connectivity index (χ1v) is 10.2. The minimum Gasteiger partial charge on any atom is -0.352 e. The molecule has 2 rings (SSSR count). The van der Waals surface area contributed by atoms with Crippen LogP contribution in [0.4, 0.5) is 10.1 Å². The standard InChI is InChI=1S/C18H20ClFN2O3S/c1-26(24,25)22(17-8-3-6-15(19)12-17)10-4-9-18(23)21-13-14-5-2-7-16(20)11-14/h2-3,5-8,11-12H,4,9-10,13H2,1H3,(H,21,23). The number of sulfonamides is 1. The summed E-state index contributed by atoms with van der Waals surface area (Å²) >= 11 is 5.92. The highest BCUT2D eigenvalue weighted by Crippen LogP contribution is 2.22. The summed E-state index contributed by atoms with van der Waals surface area (Å²) in [5, 5.41) is 3.13. The Hall–Kier alpha value is -2.12. The van der Waals surface area contributed by atoms with Gasteiger partial charge in [-0.25, -0.2) is 12.8 Å². The van der Waals surface area contributed by atoms with E-state index in [2.05, 4.69) is 5.32 Å². The molecule has 1 amide bonds. The van der Waals surface area contributed by atoms with E-state index in [1.807, 2.05) is 0 Å². The first kappa shape index (κ1) is 20.2. The molecule has 26 heavy (non-hydrogen) atoms. The van der Waals surface area contributed by atoms with Crippen LogP contribution in [0, 0.1) is 5.82 Å². The van der Waals surface area contributed by atoms with Crippen LogP contribution in [0.2, 0.25) is 5.02 Å². The first-order valence-electron chi connectivity index (χ1n) is 8.00. The van der Waals surface area contributed by atoms with Gasteiger partial charge in [-0.05, 0) is 42.3 Å². The van der Waals surface area contributed by atoms with Crippen molar-refractivity contribution in [3.05, 3.63) is 64.9 Å². The molecule has 140 valence electrons. The van der Waals surface area contributed by atoms with Crippen LogP contribution < -0.4 is 9.62 Å². The zero-order valence-electron chi connectivity index (χ0n) is 14.3. The molecule has 0 unspecified atom stereocenters. The van der Waals surface area contributed by atoms with Crippen LogP contribution in [0.15, 0.2) is 48.5 Å². The molecule has 0 aromatic heterocycles. The molecule has 0 saturated heterocycles. The van der Waals surface area contributed by atoms with Gasteiger partial charge >= 0.3 is 0 Å². The summed E-state index contributed by atoms with van der Waals surface area (Å²) in [7, 11) is -3.49. The summed E-state index contributed by atoms with van der Waals surface area (Å²) in [4.78, 5) is 11.9. The lowest BCUT2D eigenvalue weighted by molar-refractivity contribution is -0.121. The van der Waals surface area contributed by atoms with E-state index in [1.54, 1.807) is 36.4 Å². The predicted molar refractivity (Wildman–Crippen MR) is 101 cm³/mol. The lowest BCUT2D eigenvalue weighted by Gasteiger charge is -2.22. The Morgan fingerprint density at radius 2 is 1.92 bits per heavy atom. The maximum Gasteiger partial charge on any atom is 0.232 e. The van der Waals surface area contributed by atoms with Gasteiger partial charge in [0.2, 0.25) is 15.9 Å². The van der Waals surface area contributed by atoms with E-state index >= 15 is 0 Å². The largest absolute Gasteiger partial charge is 0.352 e. The number of nitrogens with zero attached hydrogens (tertiary/aromatic N) is 1. The van der Waals surface area contributed by atoms with Gasteiger partial charge in [-0.2, -0.15) is 0 Å². The molecule has 0 heterocycles. The normalized spacial score (nSPS) is 11.2. The third-order valence-electron chi connectivity index (χ3n) is 3.64.